The van der Waals surface area contributed by atoms with Gasteiger partial charge in [0.15, 0.2) is 0 Å². The van der Waals surface area contributed by atoms with Gasteiger partial charge in [-0.15, -0.1) is 0 Å². The first-order valence-electron chi connectivity index (χ1n) is 11.7. The number of hydrogen-bond donors (Lipinski definition) is 0. The summed E-state index contributed by atoms with van der Waals surface area (Å²) in [6.07, 6.45) is 3.99. The molecule has 2 aromatic rings. The van der Waals surface area contributed by atoms with Crippen molar-refractivity contribution in [3.05, 3.63) is 64.7 Å². The smallest absolute Gasteiger partial charge is 0.225 e. The van der Waals surface area contributed by atoms with Crippen molar-refractivity contribution in [2.75, 3.05) is 26.2 Å². The van der Waals surface area contributed by atoms with Crippen LogP contribution >= 0.6 is 0 Å². The van der Waals surface area contributed by atoms with Gasteiger partial charge in [0.25, 0.3) is 0 Å². The van der Waals surface area contributed by atoms with Crippen LogP contribution in [-0.4, -0.2) is 52.8 Å². The van der Waals surface area contributed by atoms with Crippen LogP contribution in [0, 0.1) is 18.7 Å². The Kier molecular flexibility index (Phi) is 6.87. The van der Waals surface area contributed by atoms with Crippen LogP contribution in [0.5, 0.6) is 0 Å². The number of rotatable bonds is 4. The van der Waals surface area contributed by atoms with Crippen molar-refractivity contribution in [1.82, 2.24) is 14.8 Å². The van der Waals surface area contributed by atoms with Crippen LogP contribution in [0.3, 0.4) is 0 Å². The van der Waals surface area contributed by atoms with E-state index in [0.29, 0.717) is 31.6 Å². The SMILES string of the molecule is CC(=O)N1CCC(C(=O)N2CCC[C@H](c3cc(Cc4ccccc4F)cc(C)n3)C2)CC1. The van der Waals surface area contributed by atoms with Crippen LogP contribution in [0.4, 0.5) is 4.39 Å². The van der Waals surface area contributed by atoms with Gasteiger partial charge in [0.1, 0.15) is 5.82 Å². The minimum atomic E-state index is -0.186. The fourth-order valence-electron chi connectivity index (χ4n) is 5.06. The summed E-state index contributed by atoms with van der Waals surface area (Å²) >= 11 is 0. The average molecular weight is 438 g/mol. The van der Waals surface area contributed by atoms with Gasteiger partial charge in [0.2, 0.25) is 11.8 Å². The fraction of sp³-hybridized carbons (Fsp3) is 0.500. The molecule has 1 atom stereocenters. The highest BCUT2D eigenvalue weighted by Gasteiger charge is 2.32. The summed E-state index contributed by atoms with van der Waals surface area (Å²) in [5.41, 5.74) is 3.66. The Hall–Kier alpha value is -2.76. The maximum atomic E-state index is 14.1. The molecular formula is C26H32FN3O2. The first-order valence-corrected chi connectivity index (χ1v) is 11.7. The monoisotopic (exact) mass is 437 g/mol. The number of nitrogens with zero attached hydrogens (tertiary/aromatic N) is 3. The third-order valence-corrected chi connectivity index (χ3v) is 6.83. The van der Waals surface area contributed by atoms with E-state index in [4.69, 9.17) is 4.98 Å². The Balaban J connectivity index is 1.44. The molecule has 0 spiro atoms. The molecule has 2 aliphatic rings. The third kappa shape index (κ3) is 5.17. The van der Waals surface area contributed by atoms with Crippen molar-refractivity contribution in [3.8, 4) is 0 Å². The largest absolute Gasteiger partial charge is 0.343 e. The number of halogens is 1. The number of aromatic nitrogens is 1. The lowest BCUT2D eigenvalue weighted by atomic mass is 9.90. The van der Waals surface area contributed by atoms with Crippen molar-refractivity contribution in [2.45, 2.75) is 51.9 Å². The van der Waals surface area contributed by atoms with Crippen molar-refractivity contribution in [3.63, 3.8) is 0 Å². The molecule has 0 aliphatic carbocycles. The van der Waals surface area contributed by atoms with Gasteiger partial charge in [0.05, 0.1) is 0 Å². The molecule has 5 nitrogen and oxygen atoms in total. The van der Waals surface area contributed by atoms with Gasteiger partial charge < -0.3 is 9.80 Å². The van der Waals surface area contributed by atoms with Gasteiger partial charge in [-0.05, 0) is 61.9 Å². The molecule has 170 valence electrons. The van der Waals surface area contributed by atoms with Gasteiger partial charge in [-0.25, -0.2) is 4.39 Å². The van der Waals surface area contributed by atoms with E-state index in [2.05, 4.69) is 6.07 Å². The summed E-state index contributed by atoms with van der Waals surface area (Å²) in [4.78, 5) is 33.4. The molecule has 2 aliphatic heterocycles. The van der Waals surface area contributed by atoms with Crippen molar-refractivity contribution in [2.24, 2.45) is 5.92 Å². The van der Waals surface area contributed by atoms with Gasteiger partial charge in [0, 0.05) is 62.7 Å². The Morgan fingerprint density at radius 2 is 1.81 bits per heavy atom. The highest BCUT2D eigenvalue weighted by molar-refractivity contribution is 5.80. The summed E-state index contributed by atoms with van der Waals surface area (Å²) in [6, 6.07) is 11.0. The number of amides is 2. The zero-order chi connectivity index (χ0) is 22.7. The zero-order valence-electron chi connectivity index (χ0n) is 19.0. The molecule has 1 aromatic carbocycles. The maximum absolute atomic E-state index is 14.1. The van der Waals surface area contributed by atoms with E-state index in [-0.39, 0.29) is 29.5 Å². The molecule has 32 heavy (non-hydrogen) atoms. The van der Waals surface area contributed by atoms with E-state index in [1.807, 2.05) is 34.9 Å². The number of aryl methyl sites for hydroxylation is 1. The first-order chi connectivity index (χ1) is 15.4. The van der Waals surface area contributed by atoms with Gasteiger partial charge in [-0.2, -0.15) is 0 Å². The van der Waals surface area contributed by atoms with Crippen LogP contribution in [-0.2, 0) is 16.0 Å². The van der Waals surface area contributed by atoms with E-state index >= 15 is 0 Å². The van der Waals surface area contributed by atoms with E-state index in [0.717, 1.165) is 49.2 Å². The quantitative estimate of drug-likeness (QED) is 0.724. The second kappa shape index (κ2) is 9.80. The van der Waals surface area contributed by atoms with Crippen LogP contribution in [0.2, 0.25) is 0 Å². The van der Waals surface area contributed by atoms with Crippen LogP contribution in [0.25, 0.3) is 0 Å². The third-order valence-electron chi connectivity index (χ3n) is 6.83. The molecule has 2 saturated heterocycles. The normalized spacial score (nSPS) is 19.8. The van der Waals surface area contributed by atoms with E-state index < -0.39 is 0 Å². The maximum Gasteiger partial charge on any atom is 0.225 e. The highest BCUT2D eigenvalue weighted by Crippen LogP contribution is 2.30. The van der Waals surface area contributed by atoms with E-state index in [1.165, 1.54) is 6.07 Å². The minimum Gasteiger partial charge on any atom is -0.343 e. The van der Waals surface area contributed by atoms with Crippen LogP contribution in [0.15, 0.2) is 36.4 Å². The number of hydrogen-bond acceptors (Lipinski definition) is 3. The molecule has 3 heterocycles. The number of benzene rings is 1. The summed E-state index contributed by atoms with van der Waals surface area (Å²) < 4.78 is 14.1. The average Bonchev–Trinajstić information content (AvgIpc) is 2.80. The molecule has 0 saturated carbocycles. The highest BCUT2D eigenvalue weighted by atomic mass is 19.1. The molecule has 0 bridgehead atoms. The number of piperidine rings is 2. The predicted molar refractivity (Wildman–Crippen MR) is 122 cm³/mol. The Labute approximate surface area is 189 Å². The van der Waals surface area contributed by atoms with Crippen molar-refractivity contribution >= 4 is 11.8 Å². The molecule has 0 radical (unpaired) electrons. The van der Waals surface area contributed by atoms with E-state index in [9.17, 15) is 14.0 Å². The lowest BCUT2D eigenvalue weighted by Crippen LogP contribution is -2.46. The van der Waals surface area contributed by atoms with Crippen molar-refractivity contribution < 1.29 is 14.0 Å². The summed E-state index contributed by atoms with van der Waals surface area (Å²) in [6.45, 7) is 6.37. The lowest BCUT2D eigenvalue weighted by Gasteiger charge is -2.37. The number of likely N-dealkylation sites (tertiary alicyclic amines) is 2. The minimum absolute atomic E-state index is 0.00596. The topological polar surface area (TPSA) is 53.5 Å². The fourth-order valence-corrected chi connectivity index (χ4v) is 5.06. The standard InChI is InChI=1S/C26H32FN3O2/c1-18-14-20(15-22-6-3-4-8-24(22)27)16-25(28-18)23-7-5-11-30(17-23)26(32)21-9-12-29(13-10-21)19(2)31/h3-4,6,8,14,16,21,23H,5,7,9-13,15,17H2,1-2H3/t23-/m0/s1. The van der Waals surface area contributed by atoms with Gasteiger partial charge in [-0.3, -0.25) is 14.6 Å². The molecular weight excluding hydrogens is 405 g/mol. The predicted octanol–water partition coefficient (Wildman–Crippen LogP) is 4.08. The second-order valence-electron chi connectivity index (χ2n) is 9.21. The Morgan fingerprint density at radius 3 is 2.53 bits per heavy atom. The van der Waals surface area contributed by atoms with Gasteiger partial charge in [-0.1, -0.05) is 18.2 Å². The molecule has 6 heteroatoms. The van der Waals surface area contributed by atoms with Crippen LogP contribution < -0.4 is 0 Å². The van der Waals surface area contributed by atoms with E-state index in [1.54, 1.807) is 13.0 Å². The molecule has 2 amide bonds. The summed E-state index contributed by atoms with van der Waals surface area (Å²) in [7, 11) is 0. The first kappa shape index (κ1) is 22.4. The number of carbonyl (C=O) groups is 2. The molecule has 0 unspecified atom stereocenters. The molecule has 2 fully saturated rings. The Bertz CT molecular complexity index is 985. The molecule has 1 aromatic heterocycles. The summed E-state index contributed by atoms with van der Waals surface area (Å²) in [5.74, 6) is 0.326. The molecule has 0 N–H and O–H groups in total. The zero-order valence-corrected chi connectivity index (χ0v) is 19.0. The van der Waals surface area contributed by atoms with Crippen molar-refractivity contribution in [1.29, 1.82) is 0 Å². The molecule has 4 rings (SSSR count). The Morgan fingerprint density at radius 1 is 1.06 bits per heavy atom. The second-order valence-corrected chi connectivity index (χ2v) is 9.21. The number of carbonyl (C=O) groups excluding carboxylic acids is 2. The van der Waals surface area contributed by atoms with Crippen LogP contribution in [0.1, 0.15) is 61.0 Å². The van der Waals surface area contributed by atoms with Gasteiger partial charge >= 0.3 is 0 Å². The number of pyridine rings is 1. The summed E-state index contributed by atoms with van der Waals surface area (Å²) in [5, 5.41) is 0. The lowest BCUT2D eigenvalue weighted by molar-refractivity contribution is -0.141.